The van der Waals surface area contributed by atoms with Gasteiger partial charge in [0.1, 0.15) is 0 Å². The van der Waals surface area contributed by atoms with Gasteiger partial charge in [-0.3, -0.25) is 0 Å². The molecule has 0 saturated carbocycles. The van der Waals surface area contributed by atoms with Crippen molar-refractivity contribution in [1.29, 1.82) is 0 Å². The van der Waals surface area contributed by atoms with Gasteiger partial charge >= 0.3 is 0 Å². The Labute approximate surface area is 670 Å². The number of rotatable bonds is 0. The molecule has 0 unspecified atom stereocenters. The molecule has 0 N–H and O–H groups in total. The maximum Gasteiger partial charge on any atom is -0.0163 e. The van der Waals surface area contributed by atoms with Gasteiger partial charge in [0.25, 0.3) is 0 Å². The summed E-state index contributed by atoms with van der Waals surface area (Å²) in [6.45, 7) is 75.8. The fraction of sp³-hybridized carbons (Fsp3) is 0.647. The minimum Gasteiger partial charge on any atom is -0.0808 e. The number of allylic oxidation sites excluding steroid dienone is 36. The molecule has 0 nitrogen and oxygen atoms in total. The van der Waals surface area contributed by atoms with Gasteiger partial charge < -0.3 is 0 Å². The van der Waals surface area contributed by atoms with Gasteiger partial charge in [0.05, 0.1) is 0 Å². The third-order valence-corrected chi connectivity index (χ3v) is 5.90. The Morgan fingerprint density at radius 2 is 0.167 bits per heavy atom. The molecule has 102 heavy (non-hydrogen) atoms. The Morgan fingerprint density at radius 1 is 0.137 bits per heavy atom. The molecule has 0 atom stereocenters. The van der Waals surface area contributed by atoms with Crippen LogP contribution in [-0.4, -0.2) is 0 Å². The first kappa shape index (κ1) is 212. The molecule has 9 aliphatic rings. The van der Waals surface area contributed by atoms with Gasteiger partial charge in [-0.2, -0.15) is 0 Å². The molecular formula is C102H232. The molecule has 0 spiro atoms. The summed E-state index contributed by atoms with van der Waals surface area (Å²) in [5.74, 6) is 0.833. The van der Waals surface area contributed by atoms with Crippen molar-refractivity contribution in [3.63, 3.8) is 0 Å². The molecule has 0 aromatic heterocycles. The molecular weight excluding hydrogens is 1230 g/mol. The second-order valence-electron chi connectivity index (χ2n) is 15.1. The highest BCUT2D eigenvalue weighted by atomic mass is 13.8. The Bertz CT molecular complexity index is 950. The third-order valence-electron chi connectivity index (χ3n) is 5.90. The number of hydrogen-bond acceptors (Lipinski definition) is 0. The third kappa shape index (κ3) is 522. The van der Waals surface area contributed by atoms with Crippen LogP contribution in [0.2, 0.25) is 0 Å². The molecule has 0 aromatic rings. The van der Waals surface area contributed by atoms with Gasteiger partial charge in [-0.25, -0.2) is 0 Å². The minimum atomic E-state index is 0. The summed E-state index contributed by atoms with van der Waals surface area (Å²) in [6, 6.07) is 0. The van der Waals surface area contributed by atoms with E-state index in [0.717, 1.165) is 63.7 Å². The van der Waals surface area contributed by atoms with E-state index in [1.165, 1.54) is 32.1 Å². The van der Waals surface area contributed by atoms with E-state index in [1.54, 1.807) is 0 Å². The van der Waals surface area contributed by atoms with Crippen LogP contribution in [0, 0.1) is 5.92 Å². The van der Waals surface area contributed by atoms with E-state index < -0.39 is 0 Å². The Balaban J connectivity index is -0.0000000167. The van der Waals surface area contributed by atoms with Crippen LogP contribution in [0.3, 0.4) is 0 Å². The fourth-order valence-corrected chi connectivity index (χ4v) is 3.54. The molecule has 0 saturated heterocycles. The lowest BCUT2D eigenvalue weighted by Gasteiger charge is -1.79. The summed E-state index contributed by atoms with van der Waals surface area (Å²) in [6.07, 6.45) is 91.8. The van der Waals surface area contributed by atoms with Crippen molar-refractivity contribution < 1.29 is 0 Å². The normalized spacial score (nSPS) is 9.71. The van der Waals surface area contributed by atoms with Crippen molar-refractivity contribution in [2.45, 2.75) is 450 Å². The van der Waals surface area contributed by atoms with Crippen molar-refractivity contribution >= 4 is 0 Å². The Morgan fingerprint density at radius 3 is 0.176 bits per heavy atom. The van der Waals surface area contributed by atoms with E-state index in [-0.39, 0.29) is 104 Å². The lowest BCUT2D eigenvalue weighted by Crippen LogP contribution is -1.66. The molecule has 0 aliphatic heterocycles. The van der Waals surface area contributed by atoms with Crippen LogP contribution in [0.1, 0.15) is 450 Å². The largest absolute Gasteiger partial charge is 0.0808 e. The van der Waals surface area contributed by atoms with E-state index in [0.29, 0.717) is 0 Å². The molecule has 0 bridgehead atoms. The van der Waals surface area contributed by atoms with Crippen LogP contribution < -0.4 is 0 Å². The molecule has 9 rings (SSSR count). The van der Waals surface area contributed by atoms with Gasteiger partial charge in [0, 0.05) is 0 Å². The van der Waals surface area contributed by atoms with E-state index in [9.17, 15) is 0 Å². The summed E-state index contributed by atoms with van der Waals surface area (Å²) < 4.78 is 0. The van der Waals surface area contributed by atoms with Crippen molar-refractivity contribution in [3.8, 4) is 0 Å². The second kappa shape index (κ2) is 375. The lowest BCUT2D eigenvalue weighted by atomic mass is 10.3. The molecule has 0 radical (unpaired) electrons. The van der Waals surface area contributed by atoms with Crippen LogP contribution in [0.25, 0.3) is 0 Å². The van der Waals surface area contributed by atoms with Gasteiger partial charge in [0.15, 0.2) is 0 Å². The Hall–Kier alpha value is -4.68. The quantitative estimate of drug-likeness (QED) is 0.227. The summed E-state index contributed by atoms with van der Waals surface area (Å²) in [5.41, 5.74) is 0. The zero-order valence-corrected chi connectivity index (χ0v) is 68.3. The summed E-state index contributed by atoms with van der Waals surface area (Å²) in [4.78, 5) is 0. The second-order valence-corrected chi connectivity index (χ2v) is 15.1. The molecule has 0 amide bonds. The summed E-state index contributed by atoms with van der Waals surface area (Å²) >= 11 is 0. The molecule has 0 fully saturated rings. The van der Waals surface area contributed by atoms with Crippen molar-refractivity contribution in [1.82, 2.24) is 0 Å². The smallest absolute Gasteiger partial charge is 0.0163 e. The number of hydrogen-bond donors (Lipinski definition) is 0. The van der Waals surface area contributed by atoms with Crippen LogP contribution in [0.4, 0.5) is 0 Å². The van der Waals surface area contributed by atoms with Crippen LogP contribution in [0.15, 0.2) is 219 Å². The van der Waals surface area contributed by atoms with Crippen LogP contribution in [-0.2, 0) is 0 Å². The zero-order valence-electron chi connectivity index (χ0n) is 68.3. The molecule has 0 heteroatoms. The molecule has 0 aromatic carbocycles. The van der Waals surface area contributed by atoms with Crippen LogP contribution >= 0.6 is 0 Å². The van der Waals surface area contributed by atoms with E-state index in [4.69, 9.17) is 0 Å². The first-order valence-electron chi connectivity index (χ1n) is 37.2. The SMILES string of the molecule is C.C.C.C.C.C.C.C.C.C.C.C.C.C.C1=CCC=C1.C1=CCC=C1.C1=CCC=C1.C1=CCC=C1.C1=CCC=C1.C1=CCC=C1.C1=CCC=C1.C1=CCC=C1.C1=CCC=C1.CC.CC.CC.CC.CC.CC.CC.CC.CC.CC.CC.CC.CC(C)C.CCC.CCC.CCC.CCC.CCC. The predicted molar refractivity (Wildman–Crippen MR) is 537 cm³/mol. The van der Waals surface area contributed by atoms with Gasteiger partial charge in [-0.15, -0.1) is 0 Å². The standard InChI is InChI=1S/9C5H6.C4H10.5C3H8.12C2H6.14CH4/c9*1-2-4-5-3-1;1-4(2)3;5*1-3-2;12*1-2;;;;;;;;;;;;;;/h9*1-4H,5H2;4H,1-3H3;5*3H2,1-2H3;12*1-2H3;14*1H4. The van der Waals surface area contributed by atoms with Crippen molar-refractivity contribution in [3.05, 3.63) is 219 Å². The highest BCUT2D eigenvalue weighted by molar-refractivity contribution is 5.16. The maximum atomic E-state index is 2.17. The average Bonchev–Trinajstić information content (AvgIpc) is 4.43. The van der Waals surface area contributed by atoms with E-state index in [1.807, 2.05) is 166 Å². The maximum absolute atomic E-state index is 2.17. The van der Waals surface area contributed by atoms with Crippen molar-refractivity contribution in [2.75, 3.05) is 0 Å². The monoisotopic (exact) mass is 1460 g/mol. The van der Waals surface area contributed by atoms with E-state index >= 15 is 0 Å². The van der Waals surface area contributed by atoms with E-state index in [2.05, 4.69) is 309 Å². The Kier molecular flexibility index (Phi) is 778. The first-order valence-corrected chi connectivity index (χ1v) is 37.2. The fourth-order valence-electron chi connectivity index (χ4n) is 3.54. The zero-order chi connectivity index (χ0) is 72.9. The van der Waals surface area contributed by atoms with Gasteiger partial charge in [-0.1, -0.05) is 611 Å². The topological polar surface area (TPSA) is 0 Å². The molecule has 0 heterocycles. The van der Waals surface area contributed by atoms with Crippen molar-refractivity contribution in [2.24, 2.45) is 5.92 Å². The highest BCUT2D eigenvalue weighted by Crippen LogP contribution is 1.97. The average molecular weight is 1460 g/mol. The first-order chi connectivity index (χ1) is 43.3. The lowest BCUT2D eigenvalue weighted by molar-refractivity contribution is 0.737. The summed E-state index contributed by atoms with van der Waals surface area (Å²) in [5, 5.41) is 0. The van der Waals surface area contributed by atoms with Gasteiger partial charge in [0.2, 0.25) is 0 Å². The van der Waals surface area contributed by atoms with Gasteiger partial charge in [-0.05, 0) is 63.7 Å². The molecule has 640 valence electrons. The minimum absolute atomic E-state index is 0. The highest BCUT2D eigenvalue weighted by Gasteiger charge is 1.76. The summed E-state index contributed by atoms with van der Waals surface area (Å²) in [7, 11) is 0. The molecule has 9 aliphatic carbocycles. The van der Waals surface area contributed by atoms with Crippen LogP contribution in [0.5, 0.6) is 0 Å². The predicted octanol–water partition coefficient (Wildman–Crippen LogP) is 43.5.